The topological polar surface area (TPSA) is 39.3 Å². The van der Waals surface area contributed by atoms with Crippen molar-refractivity contribution in [1.29, 1.82) is 0 Å². The first-order chi connectivity index (χ1) is 11.7. The molecular formula is C19H25N3OS. The van der Waals surface area contributed by atoms with Gasteiger partial charge in [0, 0.05) is 37.6 Å². The largest absolute Gasteiger partial charge is 0.312 e. The number of hydrogen-bond donors (Lipinski definition) is 1. The van der Waals surface area contributed by atoms with Crippen LogP contribution in [0.4, 0.5) is 0 Å². The first-order valence-corrected chi connectivity index (χ1v) is 9.76. The third-order valence-electron chi connectivity index (χ3n) is 5.32. The van der Waals surface area contributed by atoms with Crippen LogP contribution in [0, 0.1) is 0 Å². The van der Waals surface area contributed by atoms with E-state index in [4.69, 9.17) is 0 Å². The van der Waals surface area contributed by atoms with Crippen LogP contribution in [0.2, 0.25) is 0 Å². The third-order valence-corrected chi connectivity index (χ3v) is 6.19. The van der Waals surface area contributed by atoms with E-state index in [-0.39, 0.29) is 4.87 Å². The molecule has 2 aromatic rings. The lowest BCUT2D eigenvalue weighted by molar-refractivity contribution is 0.149. The second kappa shape index (κ2) is 6.82. The molecule has 24 heavy (non-hydrogen) atoms. The van der Waals surface area contributed by atoms with Crippen molar-refractivity contribution in [3.8, 4) is 11.3 Å². The highest BCUT2D eigenvalue weighted by atomic mass is 32.1. The van der Waals surface area contributed by atoms with E-state index in [1.807, 2.05) is 0 Å². The van der Waals surface area contributed by atoms with E-state index in [1.165, 1.54) is 58.6 Å². The molecule has 0 bridgehead atoms. The van der Waals surface area contributed by atoms with Gasteiger partial charge in [-0.15, -0.1) is 0 Å². The average molecular weight is 343 g/mol. The molecule has 2 heterocycles. The Morgan fingerprint density at radius 1 is 1.08 bits per heavy atom. The van der Waals surface area contributed by atoms with E-state index in [0.29, 0.717) is 0 Å². The molecule has 0 radical (unpaired) electrons. The number of hydrogen-bond acceptors (Lipinski definition) is 4. The number of nitrogens with one attached hydrogen (secondary N) is 1. The highest BCUT2D eigenvalue weighted by Crippen LogP contribution is 2.29. The van der Waals surface area contributed by atoms with E-state index in [1.54, 1.807) is 0 Å². The predicted molar refractivity (Wildman–Crippen MR) is 99.8 cm³/mol. The summed E-state index contributed by atoms with van der Waals surface area (Å²) in [6, 6.07) is 6.76. The van der Waals surface area contributed by atoms with Crippen LogP contribution in [0.15, 0.2) is 23.0 Å². The number of aromatic nitrogens is 1. The molecule has 1 aliphatic heterocycles. The first-order valence-electron chi connectivity index (χ1n) is 8.94. The molecule has 1 saturated heterocycles. The monoisotopic (exact) mass is 343 g/mol. The summed E-state index contributed by atoms with van der Waals surface area (Å²) in [7, 11) is 2.17. The number of likely N-dealkylation sites (N-methyl/N-ethyl adjacent to an activating group) is 1. The van der Waals surface area contributed by atoms with Crippen LogP contribution < -0.4 is 4.87 Å². The van der Waals surface area contributed by atoms with Gasteiger partial charge in [0.25, 0.3) is 0 Å². The molecule has 1 aliphatic carbocycles. The van der Waals surface area contributed by atoms with Gasteiger partial charge in [-0.3, -0.25) is 9.69 Å². The van der Waals surface area contributed by atoms with E-state index >= 15 is 0 Å². The van der Waals surface area contributed by atoms with E-state index in [0.717, 1.165) is 38.4 Å². The van der Waals surface area contributed by atoms with Gasteiger partial charge in [0.05, 0.1) is 5.69 Å². The molecule has 1 aromatic carbocycles. The van der Waals surface area contributed by atoms with E-state index < -0.39 is 0 Å². The Balaban J connectivity index is 1.60. The van der Waals surface area contributed by atoms with Gasteiger partial charge in [-0.1, -0.05) is 23.5 Å². The van der Waals surface area contributed by atoms with Gasteiger partial charge < -0.3 is 9.88 Å². The van der Waals surface area contributed by atoms with Crippen LogP contribution in [-0.4, -0.2) is 48.0 Å². The molecule has 1 N–H and O–H groups in total. The van der Waals surface area contributed by atoms with Gasteiger partial charge in [0.1, 0.15) is 0 Å². The Kier molecular flexibility index (Phi) is 4.57. The zero-order valence-corrected chi connectivity index (χ0v) is 15.1. The van der Waals surface area contributed by atoms with Crippen molar-refractivity contribution in [3.05, 3.63) is 43.9 Å². The highest BCUT2D eigenvalue weighted by Gasteiger charge is 2.19. The van der Waals surface area contributed by atoms with Crippen molar-refractivity contribution in [1.82, 2.24) is 14.8 Å². The fourth-order valence-corrected chi connectivity index (χ4v) is 4.70. The maximum absolute atomic E-state index is 12.0. The van der Waals surface area contributed by atoms with Crippen molar-refractivity contribution in [2.24, 2.45) is 0 Å². The third kappa shape index (κ3) is 3.34. The van der Waals surface area contributed by atoms with Gasteiger partial charge in [0.2, 0.25) is 0 Å². The summed E-state index contributed by atoms with van der Waals surface area (Å²) in [4.78, 5) is 21.2. The number of benzene rings is 1. The molecule has 4 rings (SSSR count). The van der Waals surface area contributed by atoms with Gasteiger partial charge in [-0.05, 0) is 55.5 Å². The summed E-state index contributed by atoms with van der Waals surface area (Å²) in [5, 5.41) is 0. The Morgan fingerprint density at radius 3 is 2.62 bits per heavy atom. The van der Waals surface area contributed by atoms with E-state index in [2.05, 4.69) is 40.0 Å². The molecule has 0 saturated carbocycles. The average Bonchev–Trinajstić information content (AvgIpc) is 2.97. The summed E-state index contributed by atoms with van der Waals surface area (Å²) in [5.41, 5.74) is 5.18. The first kappa shape index (κ1) is 16.1. The minimum atomic E-state index is 0.0619. The minimum Gasteiger partial charge on any atom is -0.312 e. The smallest absolute Gasteiger partial charge is 0.305 e. The molecule has 0 amide bonds. The molecule has 4 nitrogen and oxygen atoms in total. The lowest BCUT2D eigenvalue weighted by atomic mass is 9.90. The standard InChI is InChI=1S/C19H25N3OS/c1-21-8-10-22(11-9-21)13-17-18(20-19(23)24-17)16-7-6-14-4-2-3-5-15(14)12-16/h6-7,12H,2-5,8-11,13H2,1H3,(H,20,23). The number of H-pyrrole nitrogens is 1. The summed E-state index contributed by atoms with van der Waals surface area (Å²) in [5.74, 6) is 0. The maximum Gasteiger partial charge on any atom is 0.305 e. The van der Waals surface area contributed by atoms with Gasteiger partial charge in [0.15, 0.2) is 0 Å². The van der Waals surface area contributed by atoms with Crippen LogP contribution in [0.1, 0.15) is 28.8 Å². The molecule has 1 aromatic heterocycles. The second-order valence-corrected chi connectivity index (χ2v) is 8.15. The Bertz CT molecular complexity index is 771. The molecule has 5 heteroatoms. The van der Waals surface area contributed by atoms with E-state index in [9.17, 15) is 4.79 Å². The van der Waals surface area contributed by atoms with Crippen molar-refractivity contribution < 1.29 is 0 Å². The SMILES string of the molecule is CN1CCN(Cc2sc(=O)[nH]c2-c2ccc3c(c2)CCCC3)CC1. The number of rotatable bonds is 3. The van der Waals surface area contributed by atoms with Gasteiger partial charge in [-0.25, -0.2) is 0 Å². The van der Waals surface area contributed by atoms with Crippen LogP contribution in [0.3, 0.4) is 0 Å². The molecule has 0 atom stereocenters. The molecule has 0 spiro atoms. The Labute approximate surface area is 147 Å². The summed E-state index contributed by atoms with van der Waals surface area (Å²) in [6.07, 6.45) is 4.95. The lowest BCUT2D eigenvalue weighted by Gasteiger charge is -2.32. The van der Waals surface area contributed by atoms with Crippen LogP contribution >= 0.6 is 11.3 Å². The maximum atomic E-state index is 12.0. The van der Waals surface area contributed by atoms with Crippen molar-refractivity contribution >= 4 is 11.3 Å². The fourth-order valence-electron chi connectivity index (χ4n) is 3.80. The van der Waals surface area contributed by atoms with Crippen LogP contribution in [0.25, 0.3) is 11.3 Å². The number of aromatic amines is 1. The predicted octanol–water partition coefficient (Wildman–Crippen LogP) is 2.73. The minimum absolute atomic E-state index is 0.0619. The normalized spacial score (nSPS) is 19.4. The zero-order valence-electron chi connectivity index (χ0n) is 14.3. The zero-order chi connectivity index (χ0) is 16.5. The number of fused-ring (bicyclic) bond motifs is 1. The summed E-state index contributed by atoms with van der Waals surface area (Å²) < 4.78 is 0. The van der Waals surface area contributed by atoms with Crippen molar-refractivity contribution in [2.45, 2.75) is 32.2 Å². The van der Waals surface area contributed by atoms with Gasteiger partial charge >= 0.3 is 4.87 Å². The number of nitrogens with zero attached hydrogens (tertiary/aromatic N) is 2. The molecule has 1 fully saturated rings. The Hall–Kier alpha value is -1.43. The van der Waals surface area contributed by atoms with Crippen LogP contribution in [0.5, 0.6) is 0 Å². The summed E-state index contributed by atoms with van der Waals surface area (Å²) in [6.45, 7) is 5.24. The quantitative estimate of drug-likeness (QED) is 0.931. The lowest BCUT2D eigenvalue weighted by Crippen LogP contribution is -2.43. The van der Waals surface area contributed by atoms with Crippen molar-refractivity contribution in [2.75, 3.05) is 33.2 Å². The fraction of sp³-hybridized carbons (Fsp3) is 0.526. The van der Waals surface area contributed by atoms with Crippen LogP contribution in [-0.2, 0) is 19.4 Å². The molecule has 0 unspecified atom stereocenters. The molecule has 2 aliphatic rings. The summed E-state index contributed by atoms with van der Waals surface area (Å²) >= 11 is 1.37. The second-order valence-electron chi connectivity index (χ2n) is 7.08. The Morgan fingerprint density at radius 2 is 1.83 bits per heavy atom. The highest BCUT2D eigenvalue weighted by molar-refractivity contribution is 7.09. The number of piperazine rings is 1. The number of aryl methyl sites for hydroxylation is 2. The molecular weight excluding hydrogens is 318 g/mol. The number of thiazole rings is 1. The van der Waals surface area contributed by atoms with Gasteiger partial charge in [-0.2, -0.15) is 0 Å². The van der Waals surface area contributed by atoms with Crippen molar-refractivity contribution in [3.63, 3.8) is 0 Å². The molecule has 128 valence electrons.